The molecule has 0 aliphatic carbocycles. The molecule has 1 unspecified atom stereocenters. The van der Waals surface area contributed by atoms with E-state index >= 15 is 0 Å². The normalized spacial score (nSPS) is 12.9. The van der Waals surface area contributed by atoms with E-state index in [1.807, 2.05) is 19.3 Å². The molecule has 7 heteroatoms. The fraction of sp³-hybridized carbons (Fsp3) is 0.500. The molecule has 1 rings (SSSR count). The molecule has 0 aromatic heterocycles. The average molecular weight is 303 g/mol. The molecule has 1 atom stereocenters. The third kappa shape index (κ3) is 3.87. The molecule has 0 bridgehead atoms. The Kier molecular flexibility index (Phi) is 5.60. The van der Waals surface area contributed by atoms with Crippen LogP contribution in [0.25, 0.3) is 0 Å². The van der Waals surface area contributed by atoms with Crippen LogP contribution in [-0.4, -0.2) is 23.4 Å². The second kappa shape index (κ2) is 6.80. The van der Waals surface area contributed by atoms with Gasteiger partial charge >= 0.3 is 6.18 Å². The van der Waals surface area contributed by atoms with Gasteiger partial charge in [0.1, 0.15) is 0 Å². The van der Waals surface area contributed by atoms with Gasteiger partial charge in [0, 0.05) is 18.2 Å². The summed E-state index contributed by atoms with van der Waals surface area (Å²) in [6.45, 7) is 6.02. The first-order chi connectivity index (χ1) is 9.76. The van der Waals surface area contributed by atoms with Gasteiger partial charge < -0.3 is 10.3 Å². The van der Waals surface area contributed by atoms with Crippen molar-refractivity contribution < 1.29 is 18.0 Å². The summed E-state index contributed by atoms with van der Waals surface area (Å²) in [6.07, 6.45) is -3.85. The molecule has 1 aromatic carbocycles. The topological polar surface area (TPSA) is 58.4 Å². The molecule has 118 valence electrons. The maximum absolute atomic E-state index is 13.0. The van der Waals surface area contributed by atoms with Crippen molar-refractivity contribution in [1.29, 1.82) is 0 Å². The minimum atomic E-state index is -4.58. The van der Waals surface area contributed by atoms with Gasteiger partial charge in [-0.1, -0.05) is 6.92 Å². The number of alkyl halides is 3. The first kappa shape index (κ1) is 17.3. The molecule has 1 amide bonds. The molecule has 0 heterocycles. The van der Waals surface area contributed by atoms with Crippen molar-refractivity contribution >= 4 is 11.6 Å². The Morgan fingerprint density at radius 2 is 2.00 bits per heavy atom. The summed E-state index contributed by atoms with van der Waals surface area (Å²) < 4.78 is 38.9. The fourth-order valence-corrected chi connectivity index (χ4v) is 2.08. The van der Waals surface area contributed by atoms with Gasteiger partial charge in [-0.25, -0.2) is 0 Å². The van der Waals surface area contributed by atoms with Crippen molar-refractivity contribution in [3.63, 3.8) is 0 Å². The maximum atomic E-state index is 13.0. The highest BCUT2D eigenvalue weighted by Crippen LogP contribution is 2.35. The van der Waals surface area contributed by atoms with Crippen LogP contribution in [0, 0.1) is 0 Å². The number of nitrogens with two attached hydrogens (primary N) is 1. The number of hydrogen-bond acceptors (Lipinski definition) is 3. The standard InChI is InChI=1S/C14H20F3N3O/c1-4-9(3)20(5-2)13(21)10-6-7-12(19-18)11(8-10)14(15,16)17/h6-9,19H,4-5,18H2,1-3H3. The van der Waals surface area contributed by atoms with Crippen LogP contribution in [0.15, 0.2) is 18.2 Å². The predicted molar refractivity (Wildman–Crippen MR) is 75.7 cm³/mol. The number of nitrogens with zero attached hydrogens (tertiary/aromatic N) is 1. The average Bonchev–Trinajstić information content (AvgIpc) is 2.45. The Morgan fingerprint density at radius 3 is 2.43 bits per heavy atom. The molecule has 0 fully saturated rings. The lowest BCUT2D eigenvalue weighted by Gasteiger charge is -2.27. The van der Waals surface area contributed by atoms with Crippen molar-refractivity contribution in [2.45, 2.75) is 39.4 Å². The van der Waals surface area contributed by atoms with E-state index in [0.717, 1.165) is 12.5 Å². The molecule has 3 N–H and O–H groups in total. The smallest absolute Gasteiger partial charge is 0.336 e. The van der Waals surface area contributed by atoms with Gasteiger partial charge in [0.05, 0.1) is 11.3 Å². The zero-order valence-corrected chi connectivity index (χ0v) is 12.3. The third-order valence-electron chi connectivity index (χ3n) is 3.45. The second-order valence-corrected chi connectivity index (χ2v) is 4.75. The second-order valence-electron chi connectivity index (χ2n) is 4.75. The third-order valence-corrected chi connectivity index (χ3v) is 3.45. The molecular formula is C14H20F3N3O. The van der Waals surface area contributed by atoms with E-state index in [4.69, 9.17) is 5.84 Å². The fourth-order valence-electron chi connectivity index (χ4n) is 2.08. The summed E-state index contributed by atoms with van der Waals surface area (Å²) in [5.74, 6) is 4.67. The molecule has 0 aliphatic heterocycles. The molecule has 0 saturated carbocycles. The highest BCUT2D eigenvalue weighted by Gasteiger charge is 2.34. The molecule has 0 aliphatic rings. The number of nitrogens with one attached hydrogen (secondary N) is 1. The van der Waals surface area contributed by atoms with Crippen LogP contribution in [0.4, 0.5) is 18.9 Å². The first-order valence-corrected chi connectivity index (χ1v) is 6.75. The van der Waals surface area contributed by atoms with E-state index in [2.05, 4.69) is 0 Å². The summed E-state index contributed by atoms with van der Waals surface area (Å²) in [5.41, 5.74) is 0.797. The quantitative estimate of drug-likeness (QED) is 0.648. The van der Waals surface area contributed by atoms with Gasteiger partial charge in [-0.2, -0.15) is 13.2 Å². The molecule has 4 nitrogen and oxygen atoms in total. The van der Waals surface area contributed by atoms with Crippen molar-refractivity contribution in [2.75, 3.05) is 12.0 Å². The molecule has 1 aromatic rings. The summed E-state index contributed by atoms with van der Waals surface area (Å²) in [7, 11) is 0. The minimum Gasteiger partial charge on any atom is -0.336 e. The number of hydrazine groups is 1. The Hall–Kier alpha value is -1.76. The highest BCUT2D eigenvalue weighted by atomic mass is 19.4. The van der Waals surface area contributed by atoms with Crippen LogP contribution in [-0.2, 0) is 6.18 Å². The molecular weight excluding hydrogens is 283 g/mol. The number of amides is 1. The number of benzene rings is 1. The number of rotatable bonds is 5. The summed E-state index contributed by atoms with van der Waals surface area (Å²) in [6, 6.07) is 3.31. The van der Waals surface area contributed by atoms with Crippen LogP contribution in [0.1, 0.15) is 43.1 Å². The summed E-state index contributed by atoms with van der Waals surface area (Å²) >= 11 is 0. The van der Waals surface area contributed by atoms with Gasteiger partial charge in [0.15, 0.2) is 0 Å². The van der Waals surface area contributed by atoms with Crippen LogP contribution in [0.2, 0.25) is 0 Å². The highest BCUT2D eigenvalue weighted by molar-refractivity contribution is 5.95. The van der Waals surface area contributed by atoms with Gasteiger partial charge in [-0.3, -0.25) is 10.6 Å². The number of nitrogen functional groups attached to an aromatic ring is 1. The van der Waals surface area contributed by atoms with Crippen molar-refractivity contribution in [3.05, 3.63) is 29.3 Å². The number of anilines is 1. The Labute approximate surface area is 122 Å². The van der Waals surface area contributed by atoms with Crippen LogP contribution < -0.4 is 11.3 Å². The lowest BCUT2D eigenvalue weighted by Crippen LogP contribution is -2.38. The summed E-state index contributed by atoms with van der Waals surface area (Å²) in [4.78, 5) is 13.9. The van der Waals surface area contributed by atoms with E-state index in [-0.39, 0.29) is 17.3 Å². The van der Waals surface area contributed by atoms with E-state index in [1.54, 1.807) is 11.8 Å². The van der Waals surface area contributed by atoms with Crippen molar-refractivity contribution in [1.82, 2.24) is 4.90 Å². The number of carbonyl (C=O) groups is 1. The van der Waals surface area contributed by atoms with Gasteiger partial charge in [0.2, 0.25) is 0 Å². The van der Waals surface area contributed by atoms with Gasteiger partial charge in [0.25, 0.3) is 5.91 Å². The van der Waals surface area contributed by atoms with E-state index in [0.29, 0.717) is 6.54 Å². The number of carbonyl (C=O) groups excluding carboxylic acids is 1. The van der Waals surface area contributed by atoms with Crippen molar-refractivity contribution in [2.24, 2.45) is 5.84 Å². The SMILES string of the molecule is CCC(C)N(CC)C(=O)c1ccc(NN)c(C(F)(F)F)c1. The molecule has 0 radical (unpaired) electrons. The first-order valence-electron chi connectivity index (χ1n) is 6.75. The molecule has 0 spiro atoms. The van der Waals surface area contributed by atoms with E-state index < -0.39 is 17.6 Å². The Bertz CT molecular complexity index is 503. The maximum Gasteiger partial charge on any atom is 0.418 e. The number of halogens is 3. The van der Waals surface area contributed by atoms with Gasteiger partial charge in [-0.15, -0.1) is 0 Å². The minimum absolute atomic E-state index is 0.00322. The van der Waals surface area contributed by atoms with Crippen LogP contribution in [0.5, 0.6) is 0 Å². The largest absolute Gasteiger partial charge is 0.418 e. The lowest BCUT2D eigenvalue weighted by atomic mass is 10.1. The number of hydrogen-bond donors (Lipinski definition) is 2. The van der Waals surface area contributed by atoms with E-state index in [9.17, 15) is 18.0 Å². The monoisotopic (exact) mass is 303 g/mol. The molecule has 0 saturated heterocycles. The molecule has 21 heavy (non-hydrogen) atoms. The van der Waals surface area contributed by atoms with Crippen LogP contribution >= 0.6 is 0 Å². The van der Waals surface area contributed by atoms with Gasteiger partial charge in [-0.05, 0) is 38.5 Å². The lowest BCUT2D eigenvalue weighted by molar-refractivity contribution is -0.137. The van der Waals surface area contributed by atoms with Crippen molar-refractivity contribution in [3.8, 4) is 0 Å². The Balaban J connectivity index is 3.22. The zero-order chi connectivity index (χ0) is 16.2. The zero-order valence-electron chi connectivity index (χ0n) is 12.3. The van der Waals surface area contributed by atoms with Crippen LogP contribution in [0.3, 0.4) is 0 Å². The van der Waals surface area contributed by atoms with E-state index in [1.165, 1.54) is 12.1 Å². The summed E-state index contributed by atoms with van der Waals surface area (Å²) in [5, 5.41) is 0. The predicted octanol–water partition coefficient (Wildman–Crippen LogP) is 3.25. The Morgan fingerprint density at radius 1 is 1.38 bits per heavy atom.